The second kappa shape index (κ2) is 12.9. The second-order valence-corrected chi connectivity index (χ2v) is 7.92. The number of hydrogen-bond donors (Lipinski definition) is 2. The van der Waals surface area contributed by atoms with Gasteiger partial charge in [-0.1, -0.05) is 30.3 Å². The van der Waals surface area contributed by atoms with E-state index >= 15 is 0 Å². The second-order valence-electron chi connectivity index (χ2n) is 7.92. The van der Waals surface area contributed by atoms with E-state index in [0.717, 1.165) is 28.4 Å². The minimum atomic E-state index is -0.145. The zero-order valence-corrected chi connectivity index (χ0v) is 19.6. The van der Waals surface area contributed by atoms with Crippen LogP contribution in [-0.2, 0) is 16.0 Å². The lowest BCUT2D eigenvalue weighted by atomic mass is 10.1. The standard InChI is InChI=1S/C27H31N3O4/c1-30(2)27(32)17-10-21-8-11-23(12-9-21)29-26(31)20-28-22-13-15-25(16-14-22)34-19-18-33-24-6-4-3-5-7-24/h3-9,11-16,28H,10,17-20H2,1-2H3,(H,29,31). The van der Waals surface area contributed by atoms with E-state index in [0.29, 0.717) is 26.1 Å². The van der Waals surface area contributed by atoms with Gasteiger partial charge in [-0.3, -0.25) is 9.59 Å². The van der Waals surface area contributed by atoms with Gasteiger partial charge in [0.2, 0.25) is 11.8 Å². The molecular weight excluding hydrogens is 430 g/mol. The van der Waals surface area contributed by atoms with E-state index < -0.39 is 0 Å². The van der Waals surface area contributed by atoms with E-state index in [1.807, 2.05) is 78.9 Å². The maximum atomic E-state index is 12.3. The minimum absolute atomic E-state index is 0.0973. The molecule has 34 heavy (non-hydrogen) atoms. The summed E-state index contributed by atoms with van der Waals surface area (Å²) >= 11 is 0. The third kappa shape index (κ3) is 8.50. The monoisotopic (exact) mass is 461 g/mol. The van der Waals surface area contributed by atoms with Crippen LogP contribution in [0.2, 0.25) is 0 Å². The van der Waals surface area contributed by atoms with Crippen molar-refractivity contribution in [1.29, 1.82) is 0 Å². The van der Waals surface area contributed by atoms with Gasteiger partial charge in [0.25, 0.3) is 0 Å². The Hall–Kier alpha value is -4.00. The molecule has 3 rings (SSSR count). The molecule has 2 N–H and O–H groups in total. The normalized spacial score (nSPS) is 10.3. The SMILES string of the molecule is CN(C)C(=O)CCc1ccc(NC(=O)CNc2ccc(OCCOc3ccccc3)cc2)cc1. The Labute approximate surface area is 200 Å². The molecule has 7 heteroatoms. The first kappa shape index (κ1) is 24.6. The lowest BCUT2D eigenvalue weighted by Gasteiger charge is -2.11. The number of aryl methyl sites for hydroxylation is 1. The van der Waals surface area contributed by atoms with Crippen LogP contribution in [-0.4, -0.2) is 50.6 Å². The largest absolute Gasteiger partial charge is 0.490 e. The number of amides is 2. The number of anilines is 2. The number of benzene rings is 3. The lowest BCUT2D eigenvalue weighted by molar-refractivity contribution is -0.128. The first-order valence-electron chi connectivity index (χ1n) is 11.2. The first-order chi connectivity index (χ1) is 16.5. The molecule has 0 bridgehead atoms. The number of carbonyl (C=O) groups is 2. The van der Waals surface area contributed by atoms with Gasteiger partial charge >= 0.3 is 0 Å². The van der Waals surface area contributed by atoms with Gasteiger partial charge in [-0.15, -0.1) is 0 Å². The maximum absolute atomic E-state index is 12.3. The summed E-state index contributed by atoms with van der Waals surface area (Å²) in [4.78, 5) is 25.5. The molecule has 0 saturated heterocycles. The average Bonchev–Trinajstić information content (AvgIpc) is 2.86. The molecule has 0 unspecified atom stereocenters. The van der Waals surface area contributed by atoms with Gasteiger partial charge in [-0.25, -0.2) is 0 Å². The van der Waals surface area contributed by atoms with Crippen LogP contribution in [0.1, 0.15) is 12.0 Å². The van der Waals surface area contributed by atoms with Crippen LogP contribution < -0.4 is 20.1 Å². The molecule has 0 heterocycles. The van der Waals surface area contributed by atoms with Gasteiger partial charge in [0.1, 0.15) is 24.7 Å². The zero-order chi connectivity index (χ0) is 24.2. The Morgan fingerprint density at radius 2 is 1.35 bits per heavy atom. The van der Waals surface area contributed by atoms with Crippen molar-refractivity contribution in [2.24, 2.45) is 0 Å². The summed E-state index contributed by atoms with van der Waals surface area (Å²) in [5.74, 6) is 1.50. The fraction of sp³-hybridized carbons (Fsp3) is 0.259. The fourth-order valence-corrected chi connectivity index (χ4v) is 3.12. The summed E-state index contributed by atoms with van der Waals surface area (Å²) in [6.07, 6.45) is 1.14. The van der Waals surface area contributed by atoms with Gasteiger partial charge in [-0.05, 0) is 60.5 Å². The highest BCUT2D eigenvalue weighted by atomic mass is 16.5. The van der Waals surface area contributed by atoms with Crippen LogP contribution in [0.5, 0.6) is 11.5 Å². The van der Waals surface area contributed by atoms with Crippen LogP contribution in [0.3, 0.4) is 0 Å². The van der Waals surface area contributed by atoms with Crippen LogP contribution in [0.15, 0.2) is 78.9 Å². The van der Waals surface area contributed by atoms with E-state index in [-0.39, 0.29) is 18.4 Å². The molecule has 0 aliphatic rings. The Balaban J connectivity index is 1.34. The van der Waals surface area contributed by atoms with Crippen molar-refractivity contribution in [3.63, 3.8) is 0 Å². The van der Waals surface area contributed by atoms with E-state index in [1.165, 1.54) is 0 Å². The van der Waals surface area contributed by atoms with Crippen LogP contribution >= 0.6 is 0 Å². The Bertz CT molecular complexity index is 1040. The molecule has 7 nitrogen and oxygen atoms in total. The number of rotatable bonds is 12. The first-order valence-corrected chi connectivity index (χ1v) is 11.2. The summed E-state index contributed by atoms with van der Waals surface area (Å²) < 4.78 is 11.3. The van der Waals surface area contributed by atoms with Gasteiger partial charge in [-0.2, -0.15) is 0 Å². The van der Waals surface area contributed by atoms with Crippen molar-refractivity contribution in [3.05, 3.63) is 84.4 Å². The van der Waals surface area contributed by atoms with E-state index in [9.17, 15) is 9.59 Å². The van der Waals surface area contributed by atoms with Crippen molar-refractivity contribution < 1.29 is 19.1 Å². The third-order valence-corrected chi connectivity index (χ3v) is 5.04. The average molecular weight is 462 g/mol. The molecular formula is C27H31N3O4. The molecule has 178 valence electrons. The van der Waals surface area contributed by atoms with Gasteiger partial charge in [0.05, 0.1) is 6.54 Å². The predicted molar refractivity (Wildman–Crippen MR) is 134 cm³/mol. The molecule has 0 aliphatic carbocycles. The Kier molecular flexibility index (Phi) is 9.34. The van der Waals surface area contributed by atoms with E-state index in [4.69, 9.17) is 9.47 Å². The number of nitrogens with zero attached hydrogens (tertiary/aromatic N) is 1. The Morgan fingerprint density at radius 1 is 0.765 bits per heavy atom. The number of ether oxygens (including phenoxy) is 2. The number of nitrogens with one attached hydrogen (secondary N) is 2. The van der Waals surface area contributed by atoms with Crippen molar-refractivity contribution >= 4 is 23.2 Å². The van der Waals surface area contributed by atoms with E-state index in [1.54, 1.807) is 19.0 Å². The number of hydrogen-bond acceptors (Lipinski definition) is 5. The smallest absolute Gasteiger partial charge is 0.243 e. The molecule has 0 saturated carbocycles. The minimum Gasteiger partial charge on any atom is -0.490 e. The van der Waals surface area contributed by atoms with Crippen LogP contribution in [0, 0.1) is 0 Å². The highest BCUT2D eigenvalue weighted by molar-refractivity contribution is 5.93. The highest BCUT2D eigenvalue weighted by Gasteiger charge is 2.06. The lowest BCUT2D eigenvalue weighted by Crippen LogP contribution is -2.22. The van der Waals surface area contributed by atoms with Gasteiger partial charge in [0.15, 0.2) is 0 Å². The summed E-state index contributed by atoms with van der Waals surface area (Å²) in [6.45, 7) is 1.04. The molecule has 3 aromatic carbocycles. The Morgan fingerprint density at radius 3 is 1.97 bits per heavy atom. The molecule has 3 aromatic rings. The zero-order valence-electron chi connectivity index (χ0n) is 19.6. The summed E-state index contributed by atoms with van der Waals surface area (Å²) in [6, 6.07) is 24.6. The molecule has 0 aromatic heterocycles. The van der Waals surface area contributed by atoms with E-state index in [2.05, 4.69) is 10.6 Å². The van der Waals surface area contributed by atoms with Gasteiger partial charge in [0, 0.05) is 31.9 Å². The number of para-hydroxylation sites is 1. The van der Waals surface area contributed by atoms with Crippen molar-refractivity contribution in [1.82, 2.24) is 4.90 Å². The quantitative estimate of drug-likeness (QED) is 0.395. The fourth-order valence-electron chi connectivity index (χ4n) is 3.12. The summed E-state index contributed by atoms with van der Waals surface area (Å²) in [5.41, 5.74) is 2.60. The molecule has 0 atom stereocenters. The molecule has 2 amide bonds. The summed E-state index contributed by atoms with van der Waals surface area (Å²) in [7, 11) is 3.50. The highest BCUT2D eigenvalue weighted by Crippen LogP contribution is 2.16. The predicted octanol–water partition coefficient (Wildman–Crippen LogP) is 4.22. The van der Waals surface area contributed by atoms with Gasteiger partial charge < -0.3 is 25.0 Å². The third-order valence-electron chi connectivity index (χ3n) is 5.04. The van der Waals surface area contributed by atoms with Crippen molar-refractivity contribution in [2.45, 2.75) is 12.8 Å². The molecule has 0 aliphatic heterocycles. The molecule has 0 spiro atoms. The maximum Gasteiger partial charge on any atom is 0.243 e. The number of carbonyl (C=O) groups excluding carboxylic acids is 2. The van der Waals surface area contributed by atoms with Crippen molar-refractivity contribution in [2.75, 3.05) is 44.5 Å². The molecule has 0 radical (unpaired) electrons. The van der Waals surface area contributed by atoms with Crippen LogP contribution in [0.25, 0.3) is 0 Å². The van der Waals surface area contributed by atoms with Crippen molar-refractivity contribution in [3.8, 4) is 11.5 Å². The topological polar surface area (TPSA) is 79.9 Å². The molecule has 0 fully saturated rings. The summed E-state index contributed by atoms with van der Waals surface area (Å²) in [5, 5.41) is 5.97. The van der Waals surface area contributed by atoms with Crippen LogP contribution in [0.4, 0.5) is 11.4 Å².